The number of carbonyl (C=O) groups excluding carboxylic acids is 4. The smallest absolute Gasteiger partial charge is 0.462 e. The van der Waals surface area contributed by atoms with Gasteiger partial charge in [-0.15, -0.1) is 0 Å². The van der Waals surface area contributed by atoms with Gasteiger partial charge in [0, 0.05) is 25.7 Å². The summed E-state index contributed by atoms with van der Waals surface area (Å²) in [5, 5.41) is 10.6. The number of hydrogen-bond donors (Lipinski definition) is 3. The van der Waals surface area contributed by atoms with E-state index in [1.54, 1.807) is 0 Å². The molecule has 0 aliphatic carbocycles. The van der Waals surface area contributed by atoms with Crippen molar-refractivity contribution in [2.45, 2.75) is 363 Å². The van der Waals surface area contributed by atoms with Gasteiger partial charge < -0.3 is 33.8 Å². The van der Waals surface area contributed by atoms with Crippen molar-refractivity contribution in [1.82, 2.24) is 0 Å². The number of phosphoric acid groups is 2. The van der Waals surface area contributed by atoms with Gasteiger partial charge in [0.25, 0.3) is 0 Å². The SMILES string of the molecule is CC(C)CCCCCCCCCCCCC(=O)OC[C@H](COP(=O)(O)OCC(O)COP(=O)(O)OC[C@@H](COC(=O)CCCCCCCCCCC(C)C)OC(=O)CCCCCCCCCCCC(C)C)OC(=O)CCCCCCCCCCCCC(C)C. The van der Waals surface area contributed by atoms with Crippen molar-refractivity contribution in [3.8, 4) is 0 Å². The number of ether oxygens (including phenoxy) is 4. The molecule has 5 atom stereocenters. The van der Waals surface area contributed by atoms with E-state index >= 15 is 0 Å². The molecule has 0 amide bonds. The number of hydrogen-bond acceptors (Lipinski definition) is 15. The Morgan fingerprint density at radius 2 is 0.472 bits per heavy atom. The van der Waals surface area contributed by atoms with E-state index < -0.39 is 97.5 Å². The molecular formula is C70H136O17P2. The van der Waals surface area contributed by atoms with Crippen LogP contribution < -0.4 is 0 Å². The Labute approximate surface area is 543 Å². The van der Waals surface area contributed by atoms with Crippen LogP contribution in [0.5, 0.6) is 0 Å². The predicted molar refractivity (Wildman–Crippen MR) is 358 cm³/mol. The van der Waals surface area contributed by atoms with Crippen molar-refractivity contribution >= 4 is 39.5 Å². The number of esters is 4. The van der Waals surface area contributed by atoms with Gasteiger partial charge in [0.15, 0.2) is 12.2 Å². The third kappa shape index (κ3) is 64.6. The van der Waals surface area contributed by atoms with E-state index in [0.717, 1.165) is 114 Å². The molecule has 0 aliphatic rings. The van der Waals surface area contributed by atoms with Crippen LogP contribution in [0.2, 0.25) is 0 Å². The third-order valence-corrected chi connectivity index (χ3v) is 18.0. The molecule has 0 aromatic heterocycles. The van der Waals surface area contributed by atoms with Crippen LogP contribution in [0, 0.1) is 23.7 Å². The maximum absolute atomic E-state index is 13.0. The first-order chi connectivity index (χ1) is 42.6. The molecule has 3 unspecified atom stereocenters. The Morgan fingerprint density at radius 3 is 0.697 bits per heavy atom. The second-order valence-corrected chi connectivity index (χ2v) is 30.1. The highest BCUT2D eigenvalue weighted by Crippen LogP contribution is 2.45. The predicted octanol–water partition coefficient (Wildman–Crippen LogP) is 19.7. The zero-order chi connectivity index (χ0) is 66.1. The molecule has 0 bridgehead atoms. The molecule has 0 fully saturated rings. The minimum Gasteiger partial charge on any atom is -0.462 e. The van der Waals surface area contributed by atoms with Crippen LogP contribution in [0.25, 0.3) is 0 Å². The zero-order valence-electron chi connectivity index (χ0n) is 58.1. The van der Waals surface area contributed by atoms with Crippen LogP contribution in [0.1, 0.15) is 344 Å². The fourth-order valence-corrected chi connectivity index (χ4v) is 12.1. The Kier molecular flexibility index (Phi) is 58.5. The molecule has 0 spiro atoms. The molecule has 0 rings (SSSR count). The molecule has 0 saturated heterocycles. The second kappa shape index (κ2) is 59.8. The summed E-state index contributed by atoms with van der Waals surface area (Å²) in [5.74, 6) is 0.844. The van der Waals surface area contributed by atoms with Gasteiger partial charge in [-0.2, -0.15) is 0 Å². The lowest BCUT2D eigenvalue weighted by Crippen LogP contribution is -2.30. The van der Waals surface area contributed by atoms with Gasteiger partial charge in [-0.05, 0) is 49.4 Å². The quantitative estimate of drug-likeness (QED) is 0.0222. The summed E-state index contributed by atoms with van der Waals surface area (Å²) in [4.78, 5) is 72.5. The van der Waals surface area contributed by atoms with E-state index in [9.17, 15) is 43.2 Å². The summed E-state index contributed by atoms with van der Waals surface area (Å²) >= 11 is 0. The second-order valence-electron chi connectivity index (χ2n) is 27.2. The summed E-state index contributed by atoms with van der Waals surface area (Å²) in [6, 6.07) is 0. The lowest BCUT2D eigenvalue weighted by molar-refractivity contribution is -0.161. The fraction of sp³-hybridized carbons (Fsp3) is 0.943. The van der Waals surface area contributed by atoms with E-state index in [1.807, 2.05) is 0 Å². The largest absolute Gasteiger partial charge is 0.472 e. The van der Waals surface area contributed by atoms with Crippen molar-refractivity contribution in [1.29, 1.82) is 0 Å². The number of aliphatic hydroxyl groups is 1. The van der Waals surface area contributed by atoms with Crippen molar-refractivity contribution in [3.63, 3.8) is 0 Å². The first-order valence-electron chi connectivity index (χ1n) is 36.2. The Balaban J connectivity index is 5.27. The molecule has 89 heavy (non-hydrogen) atoms. The van der Waals surface area contributed by atoms with E-state index in [0.29, 0.717) is 25.7 Å². The molecule has 0 aromatic rings. The molecule has 17 nitrogen and oxygen atoms in total. The number of rotatable bonds is 67. The summed E-state index contributed by atoms with van der Waals surface area (Å²) in [5.41, 5.74) is 0. The summed E-state index contributed by atoms with van der Waals surface area (Å²) in [6.45, 7) is 14.1. The maximum atomic E-state index is 13.0. The van der Waals surface area contributed by atoms with E-state index in [2.05, 4.69) is 55.4 Å². The highest BCUT2D eigenvalue weighted by atomic mass is 31.2. The van der Waals surface area contributed by atoms with Gasteiger partial charge in [0.05, 0.1) is 26.4 Å². The number of aliphatic hydroxyl groups excluding tert-OH is 1. The van der Waals surface area contributed by atoms with E-state index in [-0.39, 0.29) is 25.7 Å². The lowest BCUT2D eigenvalue weighted by Gasteiger charge is -2.21. The molecular weight excluding hydrogens is 1170 g/mol. The average molecular weight is 1310 g/mol. The standard InChI is InChI=1S/C70H136O17P2/c1-60(2)46-38-30-22-14-9-11-17-26-34-42-50-67(72)80-56-65(86-69(74)52-44-36-28-18-12-10-15-23-31-39-47-61(3)4)58-84-88(76,77)82-54-64(71)55-83-89(78,79)85-59-66(57-81-68(73)51-43-35-27-21-20-25-33-41-49-63(7)8)87-70(75)53-45-37-29-19-13-16-24-32-40-48-62(5)6/h60-66,71H,9-59H2,1-8H3,(H,76,77)(H,78,79)/t64?,65-,66-/m1/s1. The van der Waals surface area contributed by atoms with E-state index in [4.69, 9.17) is 37.0 Å². The molecule has 19 heteroatoms. The minimum absolute atomic E-state index is 0.104. The highest BCUT2D eigenvalue weighted by molar-refractivity contribution is 7.47. The van der Waals surface area contributed by atoms with E-state index in [1.165, 1.54) is 148 Å². The van der Waals surface area contributed by atoms with Gasteiger partial charge in [0.2, 0.25) is 0 Å². The van der Waals surface area contributed by atoms with Crippen LogP contribution >= 0.6 is 15.6 Å². The van der Waals surface area contributed by atoms with Gasteiger partial charge >= 0.3 is 39.5 Å². The molecule has 0 saturated carbocycles. The highest BCUT2D eigenvalue weighted by Gasteiger charge is 2.30. The minimum atomic E-state index is -4.95. The molecule has 0 heterocycles. The summed E-state index contributed by atoms with van der Waals surface area (Å²) in [6.07, 6.45) is 41.7. The Hall–Kier alpha value is -1.94. The topological polar surface area (TPSA) is 237 Å². The van der Waals surface area contributed by atoms with Crippen LogP contribution in [-0.2, 0) is 65.4 Å². The van der Waals surface area contributed by atoms with Crippen LogP contribution in [-0.4, -0.2) is 96.7 Å². The first kappa shape index (κ1) is 87.1. The molecule has 0 aromatic carbocycles. The van der Waals surface area contributed by atoms with Gasteiger partial charge in [-0.25, -0.2) is 9.13 Å². The van der Waals surface area contributed by atoms with Gasteiger partial charge in [0.1, 0.15) is 19.3 Å². The molecule has 3 N–H and O–H groups in total. The van der Waals surface area contributed by atoms with Crippen LogP contribution in [0.15, 0.2) is 0 Å². The summed E-state index contributed by atoms with van der Waals surface area (Å²) in [7, 11) is -9.90. The number of phosphoric ester groups is 2. The molecule has 528 valence electrons. The van der Waals surface area contributed by atoms with Gasteiger partial charge in [-0.3, -0.25) is 37.3 Å². The van der Waals surface area contributed by atoms with Crippen molar-refractivity contribution in [3.05, 3.63) is 0 Å². The lowest BCUT2D eigenvalue weighted by atomic mass is 10.0. The number of carbonyl (C=O) groups is 4. The normalized spacial score (nSPS) is 14.3. The Morgan fingerprint density at radius 1 is 0.281 bits per heavy atom. The molecule has 0 aliphatic heterocycles. The fourth-order valence-electron chi connectivity index (χ4n) is 10.5. The van der Waals surface area contributed by atoms with Crippen molar-refractivity contribution in [2.24, 2.45) is 23.7 Å². The zero-order valence-corrected chi connectivity index (χ0v) is 59.8. The monoisotopic (exact) mass is 1310 g/mol. The van der Waals surface area contributed by atoms with Crippen molar-refractivity contribution < 1.29 is 80.2 Å². The van der Waals surface area contributed by atoms with Crippen molar-refractivity contribution in [2.75, 3.05) is 39.6 Å². The van der Waals surface area contributed by atoms with Crippen LogP contribution in [0.3, 0.4) is 0 Å². The third-order valence-electron chi connectivity index (χ3n) is 16.1. The Bertz CT molecular complexity index is 1760. The number of unbranched alkanes of at least 4 members (excludes halogenated alkanes) is 33. The summed E-state index contributed by atoms with van der Waals surface area (Å²) < 4.78 is 68.3. The molecule has 0 radical (unpaired) electrons. The first-order valence-corrected chi connectivity index (χ1v) is 39.2. The average Bonchev–Trinajstić information content (AvgIpc) is 3.55. The maximum Gasteiger partial charge on any atom is 0.472 e. The van der Waals surface area contributed by atoms with Crippen LogP contribution in [0.4, 0.5) is 0 Å². The van der Waals surface area contributed by atoms with Gasteiger partial charge in [-0.1, -0.05) is 293 Å².